The van der Waals surface area contributed by atoms with E-state index in [0.29, 0.717) is 29.2 Å². The van der Waals surface area contributed by atoms with Crippen LogP contribution in [0.15, 0.2) is 72.8 Å². The number of aryl methyl sites for hydroxylation is 1. The number of ether oxygens (including phenoxy) is 1. The molecule has 0 radical (unpaired) electrons. The van der Waals surface area contributed by atoms with Crippen LogP contribution < -0.4 is 0 Å². The van der Waals surface area contributed by atoms with Crippen molar-refractivity contribution >= 4 is 17.6 Å². The third-order valence-corrected chi connectivity index (χ3v) is 7.48. The highest BCUT2D eigenvalue weighted by molar-refractivity contribution is 6.30. The van der Waals surface area contributed by atoms with Crippen molar-refractivity contribution in [2.24, 2.45) is 0 Å². The number of benzene rings is 3. The molecule has 44 heavy (non-hydrogen) atoms. The van der Waals surface area contributed by atoms with E-state index >= 15 is 0 Å². The Labute approximate surface area is 258 Å². The van der Waals surface area contributed by atoms with Gasteiger partial charge in [0.05, 0.1) is 11.3 Å². The van der Waals surface area contributed by atoms with E-state index in [0.717, 1.165) is 47.3 Å². The predicted molar refractivity (Wildman–Crippen MR) is 162 cm³/mol. The fourth-order valence-corrected chi connectivity index (χ4v) is 5.08. The maximum atomic E-state index is 12.9. The zero-order chi connectivity index (χ0) is 31.1. The van der Waals surface area contributed by atoms with Gasteiger partial charge in [0.1, 0.15) is 18.5 Å². The number of hydrogen-bond acceptors (Lipinski definition) is 9. The first-order valence-electron chi connectivity index (χ1n) is 14.1. The van der Waals surface area contributed by atoms with E-state index in [1.807, 2.05) is 53.1 Å². The minimum atomic E-state index is -0.847. The summed E-state index contributed by atoms with van der Waals surface area (Å²) in [6.45, 7) is 4.08. The van der Waals surface area contributed by atoms with Crippen LogP contribution >= 0.6 is 11.6 Å². The minimum absolute atomic E-state index is 0.0739. The number of aromatic nitrogens is 6. The van der Waals surface area contributed by atoms with Gasteiger partial charge in [0, 0.05) is 18.5 Å². The molecular weight excluding hydrogens is 586 g/mol. The van der Waals surface area contributed by atoms with Gasteiger partial charge < -0.3 is 14.1 Å². The highest BCUT2D eigenvalue weighted by Gasteiger charge is 2.19. The SMILES string of the molecule is CCCCc1nc(Cl)c(COC(=O)c2ccc(C(C)O[N+](=O)[O-])cc2)n1Cc1ccc(-c2ccccc2-c2nn[nH]n2)cc1. The standard InChI is InChI=1S/C31H30ClN7O5/c1-3-4-9-28-33-29(32)27(19-43-31(40)24-16-14-22(15-17-24)20(2)44-39(41)42)38(28)18-21-10-12-23(13-11-21)25-7-5-6-8-26(25)30-34-36-37-35-30/h5-8,10-17,20H,3-4,9,18-19H2,1-2H3,(H,34,35,36,37). The van der Waals surface area contributed by atoms with Gasteiger partial charge in [-0.25, -0.2) is 9.78 Å². The summed E-state index contributed by atoms with van der Waals surface area (Å²) in [4.78, 5) is 32.7. The van der Waals surface area contributed by atoms with Crippen LogP contribution in [0.4, 0.5) is 0 Å². The monoisotopic (exact) mass is 615 g/mol. The summed E-state index contributed by atoms with van der Waals surface area (Å²) >= 11 is 6.58. The molecule has 0 aliphatic heterocycles. The third kappa shape index (κ3) is 7.09. The quantitative estimate of drug-likeness (QED) is 0.0900. The van der Waals surface area contributed by atoms with E-state index in [1.54, 1.807) is 31.2 Å². The van der Waals surface area contributed by atoms with E-state index in [2.05, 4.69) is 37.4 Å². The molecular formula is C31H30ClN7O5. The van der Waals surface area contributed by atoms with Gasteiger partial charge in [-0.05, 0) is 52.9 Å². The van der Waals surface area contributed by atoms with E-state index in [4.69, 9.17) is 16.3 Å². The van der Waals surface area contributed by atoms with Crippen LogP contribution in [-0.4, -0.2) is 41.2 Å². The van der Waals surface area contributed by atoms with Crippen LogP contribution in [0.1, 0.15) is 65.8 Å². The van der Waals surface area contributed by atoms with Crippen molar-refractivity contribution in [3.8, 4) is 22.5 Å². The number of rotatable bonds is 13. The Morgan fingerprint density at radius 1 is 1.07 bits per heavy atom. The Bertz CT molecular complexity index is 1720. The molecule has 0 spiro atoms. The number of nitrogens with zero attached hydrogens (tertiary/aromatic N) is 6. The highest BCUT2D eigenvalue weighted by Crippen LogP contribution is 2.30. The molecule has 0 aliphatic rings. The highest BCUT2D eigenvalue weighted by atomic mass is 35.5. The number of hydrogen-bond donors (Lipinski definition) is 1. The van der Waals surface area contributed by atoms with Gasteiger partial charge in [0.25, 0.3) is 5.09 Å². The molecule has 12 nitrogen and oxygen atoms in total. The van der Waals surface area contributed by atoms with Gasteiger partial charge in [-0.15, -0.1) is 20.3 Å². The summed E-state index contributed by atoms with van der Waals surface area (Å²) in [5, 5.41) is 24.5. The third-order valence-electron chi connectivity index (χ3n) is 7.18. The lowest BCUT2D eigenvalue weighted by Crippen LogP contribution is -2.13. The van der Waals surface area contributed by atoms with Crippen LogP contribution in [0, 0.1) is 10.1 Å². The summed E-state index contributed by atoms with van der Waals surface area (Å²) in [7, 11) is 0. The number of carbonyl (C=O) groups is 1. The molecule has 5 rings (SSSR count). The largest absolute Gasteiger partial charge is 0.456 e. The molecule has 226 valence electrons. The lowest BCUT2D eigenvalue weighted by atomic mass is 9.98. The maximum absolute atomic E-state index is 12.9. The van der Waals surface area contributed by atoms with Gasteiger partial charge in [0.2, 0.25) is 5.82 Å². The van der Waals surface area contributed by atoms with Gasteiger partial charge in [0.15, 0.2) is 5.15 Å². The average molecular weight is 616 g/mol. The maximum Gasteiger partial charge on any atom is 0.338 e. The Balaban J connectivity index is 1.33. The van der Waals surface area contributed by atoms with Crippen LogP contribution in [0.5, 0.6) is 0 Å². The van der Waals surface area contributed by atoms with Crippen molar-refractivity contribution < 1.29 is 19.5 Å². The molecule has 0 fully saturated rings. The van der Waals surface area contributed by atoms with Crippen molar-refractivity contribution in [2.45, 2.75) is 52.4 Å². The number of esters is 1. The zero-order valence-corrected chi connectivity index (χ0v) is 24.9. The molecule has 0 saturated heterocycles. The van der Waals surface area contributed by atoms with Crippen molar-refractivity contribution in [1.82, 2.24) is 30.2 Å². The Morgan fingerprint density at radius 2 is 1.80 bits per heavy atom. The number of carbonyl (C=O) groups excluding carboxylic acids is 1. The van der Waals surface area contributed by atoms with E-state index in [9.17, 15) is 14.9 Å². The normalized spacial score (nSPS) is 11.7. The molecule has 1 N–H and O–H groups in total. The first-order chi connectivity index (χ1) is 21.3. The molecule has 3 aromatic carbocycles. The first kappa shape index (κ1) is 30.4. The summed E-state index contributed by atoms with van der Waals surface area (Å²) in [5.41, 5.74) is 5.33. The van der Waals surface area contributed by atoms with Crippen LogP contribution in [-0.2, 0) is 29.1 Å². The second-order valence-electron chi connectivity index (χ2n) is 10.1. The molecule has 0 amide bonds. The topological polar surface area (TPSA) is 151 Å². The molecule has 2 aromatic heterocycles. The lowest BCUT2D eigenvalue weighted by Gasteiger charge is -2.14. The second-order valence-corrected chi connectivity index (χ2v) is 10.5. The lowest BCUT2D eigenvalue weighted by molar-refractivity contribution is -0.770. The number of imidazole rings is 1. The van der Waals surface area contributed by atoms with Gasteiger partial charge in [-0.2, -0.15) is 5.21 Å². The van der Waals surface area contributed by atoms with E-state index < -0.39 is 17.2 Å². The molecule has 0 bridgehead atoms. The Morgan fingerprint density at radius 3 is 2.45 bits per heavy atom. The zero-order valence-electron chi connectivity index (χ0n) is 24.1. The molecule has 2 heterocycles. The van der Waals surface area contributed by atoms with Crippen molar-refractivity contribution in [1.29, 1.82) is 0 Å². The Hall–Kier alpha value is -5.10. The van der Waals surface area contributed by atoms with Gasteiger partial charge >= 0.3 is 5.97 Å². The number of H-pyrrole nitrogens is 1. The van der Waals surface area contributed by atoms with E-state index in [-0.39, 0.29) is 11.8 Å². The first-order valence-corrected chi connectivity index (χ1v) is 14.5. The second kappa shape index (κ2) is 13.9. The van der Waals surface area contributed by atoms with Crippen molar-refractivity contribution in [2.75, 3.05) is 0 Å². The molecule has 1 atom stereocenters. The number of nitrogens with one attached hydrogen (secondary N) is 1. The Kier molecular flexibility index (Phi) is 9.60. The molecule has 1 unspecified atom stereocenters. The number of aromatic amines is 1. The van der Waals surface area contributed by atoms with Gasteiger partial charge in [-0.1, -0.05) is 85.6 Å². The summed E-state index contributed by atoms with van der Waals surface area (Å²) < 4.78 is 7.65. The van der Waals surface area contributed by atoms with Crippen LogP contribution in [0.25, 0.3) is 22.5 Å². The van der Waals surface area contributed by atoms with Crippen molar-refractivity contribution in [3.05, 3.63) is 116 Å². The molecule has 13 heteroatoms. The predicted octanol–water partition coefficient (Wildman–Crippen LogP) is 6.40. The minimum Gasteiger partial charge on any atom is -0.456 e. The summed E-state index contributed by atoms with van der Waals surface area (Å²) in [6.07, 6.45) is 1.89. The smallest absolute Gasteiger partial charge is 0.338 e. The van der Waals surface area contributed by atoms with Crippen LogP contribution in [0.3, 0.4) is 0 Å². The average Bonchev–Trinajstić information content (AvgIpc) is 3.67. The fraction of sp³-hybridized carbons (Fsp3) is 0.258. The fourth-order valence-electron chi connectivity index (χ4n) is 4.83. The van der Waals surface area contributed by atoms with Crippen molar-refractivity contribution in [3.63, 3.8) is 0 Å². The molecule has 0 saturated carbocycles. The van der Waals surface area contributed by atoms with Crippen LogP contribution in [0.2, 0.25) is 5.15 Å². The molecule has 0 aliphatic carbocycles. The summed E-state index contributed by atoms with van der Waals surface area (Å²) in [5.74, 6) is 0.786. The number of unbranched alkanes of at least 4 members (excludes halogenated alkanes) is 1. The molecule has 5 aromatic rings. The van der Waals surface area contributed by atoms with E-state index in [1.165, 1.54) is 0 Å². The summed E-state index contributed by atoms with van der Waals surface area (Å²) in [6, 6.07) is 22.3. The number of tetrazole rings is 1. The van der Waals surface area contributed by atoms with Gasteiger partial charge in [-0.3, -0.25) is 0 Å². The number of halogens is 1.